The molecule has 8 rings (SSSR count). The summed E-state index contributed by atoms with van der Waals surface area (Å²) in [6, 6.07) is 73.5. The molecule has 56 heavy (non-hydrogen) atoms. The zero-order valence-corrected chi connectivity index (χ0v) is 31.8. The average molecular weight is 729 g/mol. The number of benzene rings is 8. The Bertz CT molecular complexity index is 2250. The highest BCUT2D eigenvalue weighted by Gasteiger charge is 2.16. The molecule has 4 nitrogen and oxygen atoms in total. The maximum absolute atomic E-state index is 5.38. The van der Waals surface area contributed by atoms with Crippen molar-refractivity contribution in [2.75, 3.05) is 24.0 Å². The van der Waals surface area contributed by atoms with Crippen molar-refractivity contribution in [1.29, 1.82) is 0 Å². The molecule has 0 aromatic heterocycles. The van der Waals surface area contributed by atoms with E-state index in [0.717, 1.165) is 56.4 Å². The average Bonchev–Trinajstić information content (AvgIpc) is 3.27. The number of rotatable bonds is 13. The molecule has 0 heterocycles. The van der Waals surface area contributed by atoms with Gasteiger partial charge in [0.05, 0.1) is 13.2 Å². The molecule has 0 spiro atoms. The predicted molar refractivity (Wildman–Crippen MR) is 234 cm³/mol. The van der Waals surface area contributed by atoms with Crippen molar-refractivity contribution in [2.24, 2.45) is 0 Å². The molecule has 0 saturated carbocycles. The third-order valence-electron chi connectivity index (χ3n) is 10.1. The summed E-state index contributed by atoms with van der Waals surface area (Å²) in [7, 11) is 3.46. The Hall–Kier alpha value is -6.72. The molecular formula is C52H44N2O2. The summed E-state index contributed by atoms with van der Waals surface area (Å²) in [5.41, 5.74) is 15.9. The third kappa shape index (κ3) is 8.18. The topological polar surface area (TPSA) is 24.9 Å². The second kappa shape index (κ2) is 17.2. The maximum Gasteiger partial charge on any atom is 0.0713 e. The Labute approximate surface area is 330 Å². The molecule has 274 valence electrons. The molecule has 0 amide bonds. The standard InChI is InChI=1S/C52H44N2O2/c1-55-37-39-13-25-47(26-14-39)53(49-29-17-43(18-30-49)41-9-5-3-6-10-41)51-33-21-45(22-34-51)46-23-35-52(36-24-46)54(48-27-15-40(16-28-48)38-56-2)50-31-19-44(20-32-50)42-11-7-4-8-12-42/h3-36H,37-38H2,1-2H3. The van der Waals surface area contributed by atoms with Gasteiger partial charge >= 0.3 is 0 Å². The largest absolute Gasteiger partial charge is 0.380 e. The highest BCUT2D eigenvalue weighted by atomic mass is 16.5. The lowest BCUT2D eigenvalue weighted by Gasteiger charge is -2.27. The SMILES string of the molecule is COCc1ccc(N(c2ccc(-c3ccccc3)cc2)c2ccc(-c3ccc(N(c4ccc(COC)cc4)c4ccc(-c5ccccc5)cc4)cc3)cc2)cc1. The minimum Gasteiger partial charge on any atom is -0.380 e. The number of ether oxygens (including phenoxy) is 2. The van der Waals surface area contributed by atoms with Gasteiger partial charge in [-0.25, -0.2) is 0 Å². The summed E-state index contributed by atoms with van der Waals surface area (Å²) in [6.45, 7) is 1.16. The van der Waals surface area contributed by atoms with E-state index in [1.165, 1.54) is 22.3 Å². The number of hydrogen-bond acceptors (Lipinski definition) is 4. The molecule has 0 aliphatic rings. The van der Waals surface area contributed by atoms with Gasteiger partial charge in [-0.15, -0.1) is 0 Å². The predicted octanol–water partition coefficient (Wildman–Crippen LogP) is 13.9. The third-order valence-corrected chi connectivity index (χ3v) is 10.1. The Balaban J connectivity index is 1.09. The quantitative estimate of drug-likeness (QED) is 0.118. The number of hydrogen-bond donors (Lipinski definition) is 0. The van der Waals surface area contributed by atoms with Crippen LogP contribution in [0, 0.1) is 0 Å². The molecular weight excluding hydrogens is 685 g/mol. The van der Waals surface area contributed by atoms with E-state index in [-0.39, 0.29) is 0 Å². The molecule has 8 aromatic carbocycles. The fourth-order valence-corrected chi connectivity index (χ4v) is 7.18. The van der Waals surface area contributed by atoms with Crippen LogP contribution in [0.3, 0.4) is 0 Å². The lowest BCUT2D eigenvalue weighted by Crippen LogP contribution is -2.10. The van der Waals surface area contributed by atoms with Crippen LogP contribution in [0.25, 0.3) is 33.4 Å². The zero-order valence-electron chi connectivity index (χ0n) is 31.8. The van der Waals surface area contributed by atoms with Gasteiger partial charge in [0, 0.05) is 48.3 Å². The fraction of sp³-hybridized carbons (Fsp3) is 0.0769. The van der Waals surface area contributed by atoms with E-state index >= 15 is 0 Å². The first-order chi connectivity index (χ1) is 27.7. The number of nitrogens with zero attached hydrogens (tertiary/aromatic N) is 2. The molecule has 4 heteroatoms. The van der Waals surface area contributed by atoms with Crippen LogP contribution < -0.4 is 9.80 Å². The molecule has 8 aromatic rings. The summed E-state index contributed by atoms with van der Waals surface area (Å²) < 4.78 is 10.8. The van der Waals surface area contributed by atoms with E-state index in [1.54, 1.807) is 14.2 Å². The Morgan fingerprint density at radius 1 is 0.268 bits per heavy atom. The van der Waals surface area contributed by atoms with Crippen molar-refractivity contribution < 1.29 is 9.47 Å². The van der Waals surface area contributed by atoms with Crippen molar-refractivity contribution in [1.82, 2.24) is 0 Å². The first-order valence-electron chi connectivity index (χ1n) is 18.9. The summed E-state index contributed by atoms with van der Waals surface area (Å²) in [6.07, 6.45) is 0. The van der Waals surface area contributed by atoms with E-state index in [0.29, 0.717) is 13.2 Å². The summed E-state index contributed by atoms with van der Waals surface area (Å²) in [5, 5.41) is 0. The zero-order chi connectivity index (χ0) is 38.1. The normalized spacial score (nSPS) is 11.0. The number of methoxy groups -OCH3 is 2. The van der Waals surface area contributed by atoms with Crippen LogP contribution in [0.1, 0.15) is 11.1 Å². The van der Waals surface area contributed by atoms with Gasteiger partial charge in [0.1, 0.15) is 0 Å². The molecule has 0 atom stereocenters. The first kappa shape index (κ1) is 36.3. The van der Waals surface area contributed by atoms with Crippen molar-refractivity contribution in [2.45, 2.75) is 13.2 Å². The van der Waals surface area contributed by atoms with Crippen LogP contribution in [-0.2, 0) is 22.7 Å². The van der Waals surface area contributed by atoms with Gasteiger partial charge in [-0.1, -0.05) is 133 Å². The highest BCUT2D eigenvalue weighted by Crippen LogP contribution is 2.39. The Morgan fingerprint density at radius 2 is 0.482 bits per heavy atom. The van der Waals surface area contributed by atoms with Crippen LogP contribution in [0.2, 0.25) is 0 Å². The van der Waals surface area contributed by atoms with E-state index in [2.05, 4.69) is 216 Å². The lowest BCUT2D eigenvalue weighted by molar-refractivity contribution is 0.185. The monoisotopic (exact) mass is 728 g/mol. The van der Waals surface area contributed by atoms with Crippen LogP contribution in [0.15, 0.2) is 206 Å². The van der Waals surface area contributed by atoms with Crippen LogP contribution in [-0.4, -0.2) is 14.2 Å². The molecule has 0 saturated heterocycles. The van der Waals surface area contributed by atoms with Crippen molar-refractivity contribution in [3.05, 3.63) is 217 Å². The summed E-state index contributed by atoms with van der Waals surface area (Å²) in [4.78, 5) is 4.61. The van der Waals surface area contributed by atoms with Gasteiger partial charge in [0.25, 0.3) is 0 Å². The maximum atomic E-state index is 5.38. The van der Waals surface area contributed by atoms with Crippen molar-refractivity contribution in [3.63, 3.8) is 0 Å². The molecule has 0 fully saturated rings. The minimum absolute atomic E-state index is 0.582. The fourth-order valence-electron chi connectivity index (χ4n) is 7.18. The van der Waals surface area contributed by atoms with E-state index in [4.69, 9.17) is 9.47 Å². The highest BCUT2D eigenvalue weighted by molar-refractivity contribution is 5.82. The molecule has 0 N–H and O–H groups in total. The molecule has 0 unspecified atom stereocenters. The van der Waals surface area contributed by atoms with Gasteiger partial charge in [0.15, 0.2) is 0 Å². The van der Waals surface area contributed by atoms with Crippen LogP contribution in [0.4, 0.5) is 34.1 Å². The molecule has 0 bridgehead atoms. The Kier molecular flexibility index (Phi) is 11.1. The van der Waals surface area contributed by atoms with Crippen LogP contribution >= 0.6 is 0 Å². The van der Waals surface area contributed by atoms with Gasteiger partial charge in [0.2, 0.25) is 0 Å². The van der Waals surface area contributed by atoms with E-state index < -0.39 is 0 Å². The van der Waals surface area contributed by atoms with E-state index in [1.807, 2.05) is 0 Å². The van der Waals surface area contributed by atoms with Gasteiger partial charge in [-0.05, 0) is 117 Å². The molecule has 0 aliphatic heterocycles. The van der Waals surface area contributed by atoms with Gasteiger partial charge in [-0.3, -0.25) is 0 Å². The Morgan fingerprint density at radius 3 is 0.714 bits per heavy atom. The second-order valence-electron chi connectivity index (χ2n) is 13.8. The van der Waals surface area contributed by atoms with Crippen molar-refractivity contribution in [3.8, 4) is 33.4 Å². The van der Waals surface area contributed by atoms with Gasteiger partial charge < -0.3 is 19.3 Å². The summed E-state index contributed by atoms with van der Waals surface area (Å²) in [5.74, 6) is 0. The van der Waals surface area contributed by atoms with Crippen molar-refractivity contribution >= 4 is 34.1 Å². The smallest absolute Gasteiger partial charge is 0.0713 e. The summed E-state index contributed by atoms with van der Waals surface area (Å²) >= 11 is 0. The number of anilines is 6. The molecule has 0 aliphatic carbocycles. The van der Waals surface area contributed by atoms with E-state index in [9.17, 15) is 0 Å². The molecule has 0 radical (unpaired) electrons. The first-order valence-corrected chi connectivity index (χ1v) is 18.9. The minimum atomic E-state index is 0.582. The van der Waals surface area contributed by atoms with Gasteiger partial charge in [-0.2, -0.15) is 0 Å². The second-order valence-corrected chi connectivity index (χ2v) is 13.8. The van der Waals surface area contributed by atoms with Crippen LogP contribution in [0.5, 0.6) is 0 Å². The lowest BCUT2D eigenvalue weighted by atomic mass is 10.0.